The Morgan fingerprint density at radius 2 is 1.70 bits per heavy atom. The highest BCUT2D eigenvalue weighted by molar-refractivity contribution is 5.88. The second-order valence-corrected chi connectivity index (χ2v) is 11.2. The van der Waals surface area contributed by atoms with Crippen molar-refractivity contribution in [2.45, 2.75) is 19.4 Å². The fourth-order valence-corrected chi connectivity index (χ4v) is 6.15. The van der Waals surface area contributed by atoms with Crippen LogP contribution in [0.2, 0.25) is 0 Å². The number of hydrogen-bond donors (Lipinski definition) is 4. The average Bonchev–Trinajstić information content (AvgIpc) is 3.43. The van der Waals surface area contributed by atoms with Gasteiger partial charge in [-0.05, 0) is 61.4 Å². The van der Waals surface area contributed by atoms with E-state index in [4.69, 9.17) is 11.5 Å². The number of nitrogens with one attached hydrogen (secondary N) is 1. The van der Waals surface area contributed by atoms with E-state index in [0.717, 1.165) is 43.8 Å². The number of carbonyl (C=O) groups is 2. The molecule has 1 aromatic carbocycles. The predicted octanol–water partition coefficient (Wildman–Crippen LogP) is -0.457. The summed E-state index contributed by atoms with van der Waals surface area (Å²) in [5.41, 5.74) is 12.8. The summed E-state index contributed by atoms with van der Waals surface area (Å²) in [5, 5.41) is 12.0. The molecule has 0 spiro atoms. The van der Waals surface area contributed by atoms with Crippen LogP contribution in [0.1, 0.15) is 12.5 Å². The van der Waals surface area contributed by atoms with E-state index >= 15 is 0 Å². The molecule has 40 heavy (non-hydrogen) atoms. The highest BCUT2D eigenvalue weighted by atomic mass is 16.3. The molecule has 12 heteroatoms. The van der Waals surface area contributed by atoms with Crippen LogP contribution < -0.4 is 22.5 Å². The summed E-state index contributed by atoms with van der Waals surface area (Å²) >= 11 is 0. The van der Waals surface area contributed by atoms with E-state index in [0.29, 0.717) is 37.9 Å². The topological polar surface area (TPSA) is 163 Å². The third-order valence-corrected chi connectivity index (χ3v) is 8.81. The molecular formula is C28H40N8O4. The zero-order valence-electron chi connectivity index (χ0n) is 23.0. The quantitative estimate of drug-likeness (QED) is 0.325. The summed E-state index contributed by atoms with van der Waals surface area (Å²) in [5.74, 6) is 1.63. The van der Waals surface area contributed by atoms with Crippen molar-refractivity contribution in [2.75, 3.05) is 64.3 Å². The average molecular weight is 553 g/mol. The van der Waals surface area contributed by atoms with Gasteiger partial charge in [0.1, 0.15) is 5.82 Å². The van der Waals surface area contributed by atoms with Crippen LogP contribution in [0.25, 0.3) is 5.69 Å². The SMILES string of the molecule is CC(Cc1ccc(-n2ccc(NC(=O)N3CCN(C(=O)C(CN)CO)CC3)nc2=O)cc1)N1C[C@@H]2C(CN)[C@@H]2C1. The number of urea groups is 1. The molecule has 0 radical (unpaired) electrons. The first kappa shape index (κ1) is 28.2. The number of piperidine rings is 1. The number of aliphatic hydroxyl groups excluding tert-OH is 1. The third kappa shape index (κ3) is 5.90. The second-order valence-electron chi connectivity index (χ2n) is 11.2. The minimum atomic E-state index is -0.624. The molecule has 0 bridgehead atoms. The van der Waals surface area contributed by atoms with Crippen molar-refractivity contribution < 1.29 is 14.7 Å². The minimum Gasteiger partial charge on any atom is -0.395 e. The molecule has 216 valence electrons. The number of aliphatic hydroxyl groups is 1. The Morgan fingerprint density at radius 1 is 1.05 bits per heavy atom. The van der Waals surface area contributed by atoms with E-state index in [9.17, 15) is 19.5 Å². The lowest BCUT2D eigenvalue weighted by molar-refractivity contribution is -0.137. The Morgan fingerprint density at radius 3 is 2.27 bits per heavy atom. The van der Waals surface area contributed by atoms with Crippen molar-refractivity contribution in [3.05, 3.63) is 52.6 Å². The molecule has 5 atom stereocenters. The smallest absolute Gasteiger partial charge is 0.354 e. The fourth-order valence-electron chi connectivity index (χ4n) is 6.15. The number of piperazine rings is 1. The van der Waals surface area contributed by atoms with E-state index in [1.807, 2.05) is 24.3 Å². The highest BCUT2D eigenvalue weighted by Gasteiger charge is 2.55. The lowest BCUT2D eigenvalue weighted by atomic mass is 10.0. The molecule has 6 N–H and O–H groups in total. The van der Waals surface area contributed by atoms with Gasteiger partial charge in [-0.15, -0.1) is 0 Å². The molecule has 2 aliphatic heterocycles. The van der Waals surface area contributed by atoms with Gasteiger partial charge in [0.15, 0.2) is 0 Å². The van der Waals surface area contributed by atoms with Crippen molar-refractivity contribution in [1.82, 2.24) is 24.3 Å². The van der Waals surface area contributed by atoms with Crippen LogP contribution in [0, 0.1) is 23.7 Å². The molecule has 12 nitrogen and oxygen atoms in total. The number of nitrogens with two attached hydrogens (primary N) is 2. The Labute approximate surface area is 233 Å². The summed E-state index contributed by atoms with van der Waals surface area (Å²) in [7, 11) is 0. The number of fused-ring (bicyclic) bond motifs is 1. The predicted molar refractivity (Wildman–Crippen MR) is 151 cm³/mol. The van der Waals surface area contributed by atoms with E-state index in [-0.39, 0.29) is 30.9 Å². The maximum atomic E-state index is 12.8. The van der Waals surface area contributed by atoms with Crippen molar-refractivity contribution in [3.8, 4) is 5.69 Å². The summed E-state index contributed by atoms with van der Waals surface area (Å²) in [6, 6.07) is 9.60. The van der Waals surface area contributed by atoms with E-state index < -0.39 is 11.6 Å². The normalized spacial score (nSPS) is 23.9. The van der Waals surface area contributed by atoms with Gasteiger partial charge in [-0.1, -0.05) is 12.1 Å². The number of rotatable bonds is 9. The molecular weight excluding hydrogens is 512 g/mol. The van der Waals surface area contributed by atoms with Gasteiger partial charge in [-0.25, -0.2) is 9.59 Å². The van der Waals surface area contributed by atoms with Crippen LogP contribution in [-0.4, -0.2) is 106 Å². The van der Waals surface area contributed by atoms with Crippen molar-refractivity contribution in [1.29, 1.82) is 0 Å². The molecule has 2 saturated heterocycles. The first-order chi connectivity index (χ1) is 19.3. The number of amides is 3. The van der Waals surface area contributed by atoms with Crippen molar-refractivity contribution >= 4 is 17.8 Å². The maximum Gasteiger partial charge on any atom is 0.354 e. The Bertz CT molecular complexity index is 1240. The van der Waals surface area contributed by atoms with E-state index in [1.54, 1.807) is 22.1 Å². The van der Waals surface area contributed by atoms with Crippen LogP contribution in [0.5, 0.6) is 0 Å². The summed E-state index contributed by atoms with van der Waals surface area (Å²) < 4.78 is 1.45. The van der Waals surface area contributed by atoms with Gasteiger partial charge in [-0.3, -0.25) is 19.6 Å². The monoisotopic (exact) mass is 552 g/mol. The number of hydrogen-bond acceptors (Lipinski definition) is 8. The zero-order chi connectivity index (χ0) is 28.4. The maximum absolute atomic E-state index is 12.8. The number of aromatic nitrogens is 2. The van der Waals surface area contributed by atoms with Gasteiger partial charge in [0.25, 0.3) is 0 Å². The van der Waals surface area contributed by atoms with Crippen LogP contribution in [0.3, 0.4) is 0 Å². The van der Waals surface area contributed by atoms with Crippen LogP contribution in [0.15, 0.2) is 41.3 Å². The second kappa shape index (κ2) is 12.0. The molecule has 3 amide bonds. The Hall–Kier alpha value is -3.32. The summed E-state index contributed by atoms with van der Waals surface area (Å²) in [6.45, 7) is 6.50. The van der Waals surface area contributed by atoms with Crippen molar-refractivity contribution in [2.24, 2.45) is 35.1 Å². The molecule has 1 aromatic heterocycles. The Kier molecular flexibility index (Phi) is 8.50. The first-order valence-corrected chi connectivity index (χ1v) is 14.1. The zero-order valence-corrected chi connectivity index (χ0v) is 23.0. The molecule has 5 rings (SSSR count). The standard InChI is InChI=1S/C28H40N8O4/c1-18(35-15-23-22(14-30)24(23)16-35)12-19-2-4-21(5-3-19)36-7-6-25(32-28(36)40)31-27(39)34-10-8-33(9-11-34)26(38)20(13-29)17-37/h2-7,18,20,22-24,37H,8-17,29-30H2,1H3,(H,31,32,39,40)/t18?,20?,22?,23-,24+. The van der Waals surface area contributed by atoms with Gasteiger partial charge in [-0.2, -0.15) is 4.98 Å². The number of anilines is 1. The van der Waals surface area contributed by atoms with Crippen LogP contribution >= 0.6 is 0 Å². The van der Waals surface area contributed by atoms with Gasteiger partial charge in [0, 0.05) is 58.1 Å². The molecule has 2 aromatic rings. The van der Waals surface area contributed by atoms with Gasteiger partial charge < -0.3 is 26.4 Å². The molecule has 3 unspecified atom stereocenters. The third-order valence-electron chi connectivity index (χ3n) is 8.81. The highest BCUT2D eigenvalue weighted by Crippen LogP contribution is 2.51. The van der Waals surface area contributed by atoms with E-state index in [2.05, 4.69) is 22.1 Å². The van der Waals surface area contributed by atoms with Crippen LogP contribution in [0.4, 0.5) is 10.6 Å². The Balaban J connectivity index is 1.12. The number of likely N-dealkylation sites (tertiary alicyclic amines) is 1. The molecule has 1 saturated carbocycles. The van der Waals surface area contributed by atoms with Crippen LogP contribution in [-0.2, 0) is 11.2 Å². The van der Waals surface area contributed by atoms with Gasteiger partial charge in [0.05, 0.1) is 18.2 Å². The van der Waals surface area contributed by atoms with Gasteiger partial charge in [0.2, 0.25) is 5.91 Å². The summed E-state index contributed by atoms with van der Waals surface area (Å²) in [4.78, 5) is 47.6. The lowest BCUT2D eigenvalue weighted by Crippen LogP contribution is -2.54. The molecule has 3 heterocycles. The van der Waals surface area contributed by atoms with Crippen molar-refractivity contribution in [3.63, 3.8) is 0 Å². The largest absolute Gasteiger partial charge is 0.395 e. The number of carbonyl (C=O) groups excluding carboxylic acids is 2. The number of nitrogens with zero attached hydrogens (tertiary/aromatic N) is 5. The lowest BCUT2D eigenvalue weighted by Gasteiger charge is -2.35. The number of benzene rings is 1. The fraction of sp³-hybridized carbons (Fsp3) is 0.571. The minimum absolute atomic E-state index is 0.0757. The molecule has 3 aliphatic rings. The first-order valence-electron chi connectivity index (χ1n) is 14.1. The molecule has 3 fully saturated rings. The van der Waals surface area contributed by atoms with Gasteiger partial charge >= 0.3 is 11.7 Å². The molecule has 1 aliphatic carbocycles. The summed E-state index contributed by atoms with van der Waals surface area (Å²) in [6.07, 6.45) is 2.55. The van der Waals surface area contributed by atoms with E-state index in [1.165, 1.54) is 10.1 Å².